The van der Waals surface area contributed by atoms with Crippen LogP contribution in [0.3, 0.4) is 0 Å². The van der Waals surface area contributed by atoms with Gasteiger partial charge in [0, 0.05) is 180 Å². The van der Waals surface area contributed by atoms with Crippen LogP contribution >= 0.6 is 0 Å². The van der Waals surface area contributed by atoms with Gasteiger partial charge in [0.15, 0.2) is 0 Å². The second kappa shape index (κ2) is 55.1. The summed E-state index contributed by atoms with van der Waals surface area (Å²) in [5.74, 6) is 11.0. The molecule has 9 aliphatic heterocycles. The highest BCUT2D eigenvalue weighted by Crippen LogP contribution is 2.52. The van der Waals surface area contributed by atoms with Crippen molar-refractivity contribution in [2.45, 2.75) is 526 Å². The van der Waals surface area contributed by atoms with Gasteiger partial charge in [-0.1, -0.05) is 159 Å². The fourth-order valence-electron chi connectivity index (χ4n) is 25.4. The monoisotopic (exact) mass is 1740 g/mol. The summed E-state index contributed by atoms with van der Waals surface area (Å²) in [5.41, 5.74) is 0. The van der Waals surface area contributed by atoms with Gasteiger partial charge in [-0.3, -0.25) is 39.2 Å². The quantitative estimate of drug-likeness (QED) is 0.0998. The van der Waals surface area contributed by atoms with Crippen molar-refractivity contribution in [2.24, 2.45) is 94.7 Å². The molecule has 0 aromatic carbocycles. The Morgan fingerprint density at radius 2 is 0.754 bits per heavy atom. The van der Waals surface area contributed by atoms with Crippen LogP contribution in [0.1, 0.15) is 381 Å². The smallest absolute Gasteiger partial charge is 0.393 e. The van der Waals surface area contributed by atoms with Gasteiger partial charge < -0.3 is 14.6 Å². The zero-order valence-corrected chi connectivity index (χ0v) is 88.4. The van der Waals surface area contributed by atoms with Crippen LogP contribution in [0.4, 0.5) is 13.2 Å². The Hall–Kier alpha value is -0.730. The molecule has 9 saturated heterocycles. The Kier molecular flexibility index (Phi) is 53.0. The van der Waals surface area contributed by atoms with E-state index in [1.54, 1.807) is 7.11 Å². The van der Waals surface area contributed by atoms with E-state index in [-0.39, 0.29) is 32.5 Å². The lowest BCUT2D eigenvalue weighted by Gasteiger charge is -2.37. The van der Waals surface area contributed by atoms with Crippen molar-refractivity contribution in [3.63, 3.8) is 0 Å². The number of likely N-dealkylation sites (tertiary alicyclic amines) is 8. The molecule has 13 nitrogen and oxygen atoms in total. The molecule has 11 aliphatic rings. The molecule has 11 unspecified atom stereocenters. The van der Waals surface area contributed by atoms with Crippen LogP contribution in [0.5, 0.6) is 0 Å². The third-order valence-corrected chi connectivity index (χ3v) is 31.1. The first-order valence-electron chi connectivity index (χ1n) is 51.4. The number of ether oxygens (including phenoxy) is 2. The van der Waals surface area contributed by atoms with E-state index in [9.17, 15) is 18.3 Å². The Morgan fingerprint density at radius 3 is 1.10 bits per heavy atom. The minimum atomic E-state index is -4.03. The number of rotatable bonds is 24. The summed E-state index contributed by atoms with van der Waals surface area (Å²) in [5, 5.41) is 14.1. The second-order valence-corrected chi connectivity index (χ2v) is 46.5. The van der Waals surface area contributed by atoms with Crippen LogP contribution in [0.25, 0.3) is 0 Å². The molecule has 0 spiro atoms. The van der Waals surface area contributed by atoms with E-state index < -0.39 is 12.1 Å². The first kappa shape index (κ1) is 117. The van der Waals surface area contributed by atoms with Crippen LogP contribution in [0.15, 0.2) is 0 Å². The second-order valence-electron chi connectivity index (χ2n) is 46.5. The zero-order chi connectivity index (χ0) is 92.8. The number of hydrogen-bond donors (Lipinski definition) is 1. The largest absolute Gasteiger partial charge is 0.395 e. The number of hydrogen-bond acceptors (Lipinski definition) is 13. The van der Waals surface area contributed by atoms with Crippen molar-refractivity contribution in [1.82, 2.24) is 49.2 Å². The molecular weight excluding hydrogens is 1520 g/mol. The molecule has 2 aliphatic carbocycles. The molecule has 122 heavy (non-hydrogen) atoms. The predicted octanol–water partition coefficient (Wildman–Crippen LogP) is 25.1. The summed E-state index contributed by atoms with van der Waals surface area (Å²) >= 11 is 0. The average Bonchev–Trinajstić information content (AvgIpc) is 1.59. The maximum atomic E-state index is 12.6. The number of halogens is 3. The Balaban J connectivity index is 0.000000465. The summed E-state index contributed by atoms with van der Waals surface area (Å²) in [6.07, 6.45) is 15.5. The standard InChI is InChI=1S/C13H27NO.C13H25N.C13H27N.C12H25NO.C11H20F3N.C11H23NO.C11H21N.C11H23N.C10H22N2.CH4/c1-9(2)13-7-12(8-15-6)11(5)14(13)10(3)4;1-9(2)13-8-11-6-5-7-12(11)14(13)10(3)4;1-9(2)12-7-8-13(10(3)4)14(12)11(5)6;1-9(2)12-7-6-11(8-14-5)13(12)10(3)4;1-7(2)10-5-9(11(12,13)14)6-15(10)8(3)4;1-8(2)11-6-5-10(7-13)12(11)9(3)4;1-7(2)11-10-5-9(10)6-12(11)8(3)4;1-8(2)11-10(5)6-7-12(11)9(3)4;1-8(2)10-6-7-11(5)12(10)9(3)4;/h9-13H,7-8H2,1-6H3;9-13H,5-8H2,1-4H3;9-13H,7-8H2,1-6H3;9-12H,6-8H2,1-5H3;7-10H,5-6H2,1-4H3;8-11,13H,5-7H2,1-4H3;7-11H,5-6H2,1-4H3;8-11H,6-7H2,1-5H3;8-10H,6-7H2,1-5H3;1H4/t2*11?,12?,13-;12-,13?;11?,12-;9?,10-;10?,11-;9?,10?,11-;10?,11-;10-;/m000000110./s1. The highest BCUT2D eigenvalue weighted by molar-refractivity contribution is 5.06. The van der Waals surface area contributed by atoms with E-state index in [1.807, 2.05) is 39.7 Å². The van der Waals surface area contributed by atoms with Gasteiger partial charge in [0.25, 0.3) is 0 Å². The van der Waals surface area contributed by atoms with Crippen molar-refractivity contribution in [1.29, 1.82) is 0 Å². The number of nitrogens with zero attached hydrogens (tertiary/aromatic N) is 10. The molecule has 9 heterocycles. The van der Waals surface area contributed by atoms with Gasteiger partial charge in [0.1, 0.15) is 0 Å². The average molecular weight is 1740 g/mol. The molecule has 0 aromatic rings. The molecule has 0 amide bonds. The minimum absolute atomic E-state index is 0. The zero-order valence-electron chi connectivity index (χ0n) is 88.4. The third kappa shape index (κ3) is 33.8. The van der Waals surface area contributed by atoms with Crippen LogP contribution in [-0.4, -0.2) is 267 Å². The van der Waals surface area contributed by atoms with Gasteiger partial charge in [-0.05, 0) is 317 Å². The summed E-state index contributed by atoms with van der Waals surface area (Å²) in [6.45, 7) is 98.0. The molecule has 0 radical (unpaired) electrons. The van der Waals surface area contributed by atoms with Gasteiger partial charge >= 0.3 is 6.18 Å². The van der Waals surface area contributed by atoms with Gasteiger partial charge in [0.05, 0.1) is 25.7 Å². The summed E-state index contributed by atoms with van der Waals surface area (Å²) < 4.78 is 48.4. The lowest BCUT2D eigenvalue weighted by Crippen LogP contribution is -2.45. The minimum Gasteiger partial charge on any atom is -0.395 e. The maximum Gasteiger partial charge on any atom is 0.393 e. The SMILES string of the molecule is C.CC(C)C1CC[C@@H](C(C)C)N1C(C)C.CC(C)[C@@H]1C(C)CCN1C(C)C.CC(C)[C@@H]1C2CC2CN1C(C)C.CC(C)[C@@H]1CC(C(F)(F)F)CN1C(C)C.CC(C)[C@@H]1CC2CCCC2N1C(C)C.CC(C)[C@@H]1CCC(CO)N1C(C)C.CC(C)[C@@H]1CCN(C)N1C(C)C.COCC1CC[C@@H](C(C)C)N1C(C)C.COCC1C[C@@H](C(C)C)N(C(C)C)C1C. The van der Waals surface area contributed by atoms with Crippen LogP contribution < -0.4 is 0 Å². The number of aliphatic hydroxyl groups is 1. The van der Waals surface area contributed by atoms with Crippen LogP contribution in [0.2, 0.25) is 0 Å². The normalized spacial score (nSPS) is 32.1. The fourth-order valence-corrected chi connectivity index (χ4v) is 25.4. The number of fused-ring (bicyclic) bond motifs is 2. The van der Waals surface area contributed by atoms with E-state index in [4.69, 9.17) is 9.47 Å². The van der Waals surface area contributed by atoms with E-state index in [0.29, 0.717) is 78.7 Å². The molecule has 20 atom stereocenters. The fraction of sp³-hybridized carbons (Fsp3) is 1.00. The number of piperidine rings is 1. The van der Waals surface area contributed by atoms with Gasteiger partial charge in [-0.15, -0.1) is 0 Å². The number of hydrazine groups is 1. The molecule has 0 aromatic heterocycles. The first-order chi connectivity index (χ1) is 56.1. The predicted molar refractivity (Wildman–Crippen MR) is 527 cm³/mol. The van der Waals surface area contributed by atoms with Crippen LogP contribution in [0, 0.1) is 94.7 Å². The summed E-state index contributed by atoms with van der Waals surface area (Å²) in [7, 11) is 5.82. The molecule has 1 N–H and O–H groups in total. The highest BCUT2D eigenvalue weighted by Gasteiger charge is 2.54. The third-order valence-electron chi connectivity index (χ3n) is 31.1. The molecule has 11 fully saturated rings. The van der Waals surface area contributed by atoms with E-state index in [1.165, 1.54) is 103 Å². The van der Waals surface area contributed by atoms with E-state index in [2.05, 4.69) is 301 Å². The van der Waals surface area contributed by atoms with E-state index >= 15 is 0 Å². The lowest BCUT2D eigenvalue weighted by molar-refractivity contribution is -0.171. The number of alkyl halides is 3. The first-order valence-corrected chi connectivity index (χ1v) is 51.4. The van der Waals surface area contributed by atoms with Crippen molar-refractivity contribution in [3.05, 3.63) is 0 Å². The molecule has 16 heteroatoms. The molecule has 0 bridgehead atoms. The maximum absolute atomic E-state index is 12.6. The van der Waals surface area contributed by atoms with Crippen molar-refractivity contribution >= 4 is 0 Å². The van der Waals surface area contributed by atoms with Gasteiger partial charge in [-0.2, -0.15) is 13.2 Å². The molecule has 730 valence electrons. The Bertz CT molecular complexity index is 2580. The van der Waals surface area contributed by atoms with E-state index in [0.717, 1.165) is 163 Å². The van der Waals surface area contributed by atoms with Crippen molar-refractivity contribution in [3.8, 4) is 0 Å². The summed E-state index contributed by atoms with van der Waals surface area (Å²) in [4.78, 5) is 20.8. The van der Waals surface area contributed by atoms with Gasteiger partial charge in [-0.25, -0.2) is 10.0 Å². The van der Waals surface area contributed by atoms with Crippen molar-refractivity contribution < 1.29 is 27.8 Å². The highest BCUT2D eigenvalue weighted by atomic mass is 19.4. The summed E-state index contributed by atoms with van der Waals surface area (Å²) in [6, 6.07) is 15.5. The Morgan fingerprint density at radius 1 is 0.344 bits per heavy atom. The number of aliphatic hydroxyl groups excluding tert-OH is 1. The number of methoxy groups -OCH3 is 2. The van der Waals surface area contributed by atoms with Crippen molar-refractivity contribution in [2.75, 3.05) is 67.3 Å². The lowest BCUT2D eigenvalue weighted by atomic mass is 9.92. The Labute approximate surface area is 760 Å². The van der Waals surface area contributed by atoms with Crippen LogP contribution in [-0.2, 0) is 9.47 Å². The molecular formula is C106H217F3N10O3. The molecule has 2 saturated carbocycles. The molecule has 11 rings (SSSR count). The topological polar surface area (TPSA) is 71.1 Å². The van der Waals surface area contributed by atoms with Gasteiger partial charge in [0.2, 0.25) is 0 Å².